The van der Waals surface area contributed by atoms with Gasteiger partial charge in [-0.3, -0.25) is 0 Å². The smallest absolute Gasteiger partial charge is 0.158 e. The zero-order chi connectivity index (χ0) is 18.2. The highest BCUT2D eigenvalue weighted by Gasteiger charge is 2.45. The predicted octanol–water partition coefficient (Wildman–Crippen LogP) is 1.94. The van der Waals surface area contributed by atoms with Gasteiger partial charge in [0.1, 0.15) is 24.4 Å². The van der Waals surface area contributed by atoms with Gasteiger partial charge in [-0.15, -0.1) is 0 Å². The van der Waals surface area contributed by atoms with E-state index in [1.807, 2.05) is 24.3 Å². The summed E-state index contributed by atoms with van der Waals surface area (Å²) in [5.41, 5.74) is 1.79. The maximum absolute atomic E-state index is 10.3. The molecule has 0 aliphatic carbocycles. The van der Waals surface area contributed by atoms with E-state index < -0.39 is 31.0 Å². The highest BCUT2D eigenvalue weighted by atomic mass is 16.5. The lowest BCUT2D eigenvalue weighted by atomic mass is 9.88. The number of hydrogen-bond acceptors (Lipinski definition) is 5. The van der Waals surface area contributed by atoms with Gasteiger partial charge < -0.3 is 25.2 Å². The fourth-order valence-electron chi connectivity index (χ4n) is 3.31. The molecular weight excluding hydrogens is 320 g/mol. The van der Waals surface area contributed by atoms with Crippen molar-refractivity contribution < 1.29 is 25.2 Å². The van der Waals surface area contributed by atoms with E-state index in [1.165, 1.54) is 25.7 Å². The molecule has 4 N–H and O–H groups in total. The van der Waals surface area contributed by atoms with Crippen molar-refractivity contribution in [1.29, 1.82) is 0 Å². The molecule has 1 aliphatic heterocycles. The molecule has 0 bridgehead atoms. The summed E-state index contributed by atoms with van der Waals surface area (Å²) < 4.78 is 5.62. The van der Waals surface area contributed by atoms with Crippen molar-refractivity contribution >= 4 is 0 Å². The Labute approximate surface area is 150 Å². The van der Waals surface area contributed by atoms with E-state index in [1.54, 1.807) is 0 Å². The highest BCUT2D eigenvalue weighted by Crippen LogP contribution is 2.33. The molecule has 141 valence electrons. The largest absolute Gasteiger partial charge is 0.394 e. The molecule has 0 aromatic heterocycles. The Balaban J connectivity index is 2.03. The van der Waals surface area contributed by atoms with Gasteiger partial charge in [0.05, 0.1) is 6.61 Å². The molecule has 1 heterocycles. The maximum atomic E-state index is 10.3. The van der Waals surface area contributed by atoms with Gasteiger partial charge in [0, 0.05) is 0 Å². The molecule has 2 rings (SSSR count). The van der Waals surface area contributed by atoms with Crippen molar-refractivity contribution in [2.24, 2.45) is 0 Å². The van der Waals surface area contributed by atoms with Crippen LogP contribution in [0.1, 0.15) is 56.6 Å². The third-order valence-electron chi connectivity index (χ3n) is 4.86. The third kappa shape index (κ3) is 5.25. The van der Waals surface area contributed by atoms with Crippen LogP contribution in [0.15, 0.2) is 24.3 Å². The van der Waals surface area contributed by atoms with E-state index in [0.717, 1.165) is 30.4 Å². The molecule has 0 amide bonds. The van der Waals surface area contributed by atoms with Crippen LogP contribution in [0.5, 0.6) is 0 Å². The maximum Gasteiger partial charge on any atom is 0.158 e. The summed E-state index contributed by atoms with van der Waals surface area (Å²) in [5.74, 6) is 0. The van der Waals surface area contributed by atoms with Crippen LogP contribution in [0.25, 0.3) is 0 Å². The topological polar surface area (TPSA) is 90.2 Å². The zero-order valence-electron chi connectivity index (χ0n) is 15.0. The first-order valence-electron chi connectivity index (χ1n) is 9.37. The number of rotatable bonds is 9. The molecule has 1 aliphatic rings. The molecule has 1 radical (unpaired) electrons. The van der Waals surface area contributed by atoms with Crippen LogP contribution in [0.3, 0.4) is 0 Å². The van der Waals surface area contributed by atoms with Crippen molar-refractivity contribution in [2.75, 3.05) is 6.61 Å². The highest BCUT2D eigenvalue weighted by molar-refractivity contribution is 5.39. The van der Waals surface area contributed by atoms with E-state index >= 15 is 0 Å². The molecule has 5 nitrogen and oxygen atoms in total. The van der Waals surface area contributed by atoms with Gasteiger partial charge in [0.2, 0.25) is 0 Å². The Bertz CT molecular complexity index is 505. The summed E-state index contributed by atoms with van der Waals surface area (Å²) in [7, 11) is 0. The average molecular weight is 351 g/mol. The molecule has 1 saturated heterocycles. The van der Waals surface area contributed by atoms with Crippen molar-refractivity contribution in [3.05, 3.63) is 41.5 Å². The Kier molecular flexibility index (Phi) is 8.33. The fourth-order valence-corrected chi connectivity index (χ4v) is 3.31. The second-order valence-corrected chi connectivity index (χ2v) is 6.80. The SMILES string of the molecule is CCCCCCCCc1ccccc1[C]1O[C@H](CO)[C@H](O)[C@H](O)[C@H]1O. The number of ether oxygens (including phenoxy) is 1. The molecular formula is C20H31O5. The van der Waals surface area contributed by atoms with Gasteiger partial charge in [-0.1, -0.05) is 63.3 Å². The molecule has 4 atom stereocenters. The first-order chi connectivity index (χ1) is 12.1. The summed E-state index contributed by atoms with van der Waals surface area (Å²) in [6.45, 7) is 1.78. The quantitative estimate of drug-likeness (QED) is 0.511. The van der Waals surface area contributed by atoms with Crippen molar-refractivity contribution in [2.45, 2.75) is 76.3 Å². The number of aryl methyl sites for hydroxylation is 1. The van der Waals surface area contributed by atoms with E-state index in [2.05, 4.69) is 6.92 Å². The van der Waals surface area contributed by atoms with Crippen molar-refractivity contribution in [3.8, 4) is 0 Å². The Morgan fingerprint density at radius 3 is 2.32 bits per heavy atom. The van der Waals surface area contributed by atoms with Gasteiger partial charge in [-0.25, -0.2) is 0 Å². The third-order valence-corrected chi connectivity index (χ3v) is 4.86. The van der Waals surface area contributed by atoms with Crippen LogP contribution in [-0.4, -0.2) is 51.4 Å². The lowest BCUT2D eigenvalue weighted by molar-refractivity contribution is -0.184. The average Bonchev–Trinajstić information content (AvgIpc) is 2.63. The lowest BCUT2D eigenvalue weighted by Crippen LogP contribution is -2.55. The van der Waals surface area contributed by atoms with Gasteiger partial charge in [-0.2, -0.15) is 0 Å². The van der Waals surface area contributed by atoms with Gasteiger partial charge in [0.15, 0.2) is 6.10 Å². The number of benzene rings is 1. The standard InChI is InChI=1S/C20H31O5/c1-2-3-4-5-6-7-10-14-11-8-9-12-15(14)20-19(24)18(23)17(22)16(13-21)25-20/h8-9,11-12,16-19,21-24H,2-7,10,13H2,1H3/t16-,17+,18+,19-/m1/s1. The normalized spacial score (nSPS) is 27.6. The zero-order valence-corrected chi connectivity index (χ0v) is 15.0. The van der Waals surface area contributed by atoms with E-state index in [-0.39, 0.29) is 6.10 Å². The van der Waals surface area contributed by atoms with E-state index in [0.29, 0.717) is 0 Å². The second-order valence-electron chi connectivity index (χ2n) is 6.80. The number of hydrogen-bond donors (Lipinski definition) is 4. The Morgan fingerprint density at radius 1 is 0.920 bits per heavy atom. The minimum absolute atomic E-state index is 0.235. The first kappa shape index (κ1) is 20.3. The van der Waals surface area contributed by atoms with Crippen LogP contribution in [0, 0.1) is 6.10 Å². The molecule has 1 aromatic rings. The minimum atomic E-state index is -1.37. The summed E-state index contributed by atoms with van der Waals surface area (Å²) in [5, 5.41) is 39.6. The molecule has 5 heteroatoms. The van der Waals surface area contributed by atoms with Crippen LogP contribution in [-0.2, 0) is 11.2 Å². The van der Waals surface area contributed by atoms with E-state index in [4.69, 9.17) is 4.74 Å². The Morgan fingerprint density at radius 2 is 1.60 bits per heavy atom. The summed E-state index contributed by atoms with van der Waals surface area (Å²) in [6, 6.07) is 7.65. The Hall–Kier alpha value is -0.980. The summed E-state index contributed by atoms with van der Waals surface area (Å²) >= 11 is 0. The summed E-state index contributed by atoms with van der Waals surface area (Å²) in [6.07, 6.45) is 3.39. The van der Waals surface area contributed by atoms with Crippen LogP contribution in [0.4, 0.5) is 0 Å². The van der Waals surface area contributed by atoms with Gasteiger partial charge >= 0.3 is 0 Å². The number of aliphatic hydroxyl groups is 4. The van der Waals surface area contributed by atoms with Crippen LogP contribution >= 0.6 is 0 Å². The predicted molar refractivity (Wildman–Crippen MR) is 95.8 cm³/mol. The molecule has 0 unspecified atom stereocenters. The van der Waals surface area contributed by atoms with Crippen LogP contribution < -0.4 is 0 Å². The molecule has 1 fully saturated rings. The first-order valence-corrected chi connectivity index (χ1v) is 9.37. The van der Waals surface area contributed by atoms with Gasteiger partial charge in [0.25, 0.3) is 0 Å². The lowest BCUT2D eigenvalue weighted by Gasteiger charge is -2.40. The molecule has 0 spiro atoms. The second kappa shape index (κ2) is 10.2. The molecule has 25 heavy (non-hydrogen) atoms. The molecule has 0 saturated carbocycles. The van der Waals surface area contributed by atoms with Crippen molar-refractivity contribution in [1.82, 2.24) is 0 Å². The van der Waals surface area contributed by atoms with Crippen LogP contribution in [0.2, 0.25) is 0 Å². The summed E-state index contributed by atoms with van der Waals surface area (Å²) in [4.78, 5) is 0. The molecule has 1 aromatic carbocycles. The minimum Gasteiger partial charge on any atom is -0.394 e. The van der Waals surface area contributed by atoms with Crippen molar-refractivity contribution in [3.63, 3.8) is 0 Å². The monoisotopic (exact) mass is 351 g/mol. The fraction of sp³-hybridized carbons (Fsp3) is 0.650. The number of aliphatic hydroxyl groups excluding tert-OH is 4. The number of unbranched alkanes of at least 4 members (excludes halogenated alkanes) is 5. The van der Waals surface area contributed by atoms with E-state index in [9.17, 15) is 20.4 Å². The van der Waals surface area contributed by atoms with Gasteiger partial charge in [-0.05, 0) is 24.0 Å².